The lowest BCUT2D eigenvalue weighted by Gasteiger charge is -2.17. The van der Waals surface area contributed by atoms with Crippen molar-refractivity contribution in [1.29, 1.82) is 0 Å². The van der Waals surface area contributed by atoms with Crippen LogP contribution in [0.3, 0.4) is 0 Å². The van der Waals surface area contributed by atoms with Gasteiger partial charge in [-0.05, 0) is 13.3 Å². The highest BCUT2D eigenvalue weighted by Crippen LogP contribution is 2.27. The molecule has 0 amide bonds. The van der Waals surface area contributed by atoms with Crippen LogP contribution < -0.4 is 11.2 Å². The highest BCUT2D eigenvalue weighted by molar-refractivity contribution is 9.09. The number of hydrogen-bond acceptors (Lipinski definition) is 5. The van der Waals surface area contributed by atoms with Crippen LogP contribution >= 0.6 is 15.9 Å². The Bertz CT molecular complexity index is 612. The van der Waals surface area contributed by atoms with Crippen molar-refractivity contribution in [2.75, 3.05) is 11.9 Å². The van der Waals surface area contributed by atoms with Gasteiger partial charge in [-0.3, -0.25) is 13.9 Å². The lowest BCUT2D eigenvalue weighted by Crippen LogP contribution is -2.42. The monoisotopic (exact) mass is 362 g/mol. The normalized spacial score (nSPS) is 25.4. The minimum Gasteiger partial charge on any atom is -0.394 e. The maximum Gasteiger partial charge on any atom is 0.333 e. The quantitative estimate of drug-likeness (QED) is 0.704. The Morgan fingerprint density at radius 3 is 2.76 bits per heavy atom. The molecular weight excluding hydrogens is 344 g/mol. The van der Waals surface area contributed by atoms with Crippen molar-refractivity contribution in [3.8, 4) is 0 Å². The Labute approximate surface area is 129 Å². The summed E-state index contributed by atoms with van der Waals surface area (Å²) in [6.07, 6.45) is 0.124. The maximum absolute atomic E-state index is 12.4. The van der Waals surface area contributed by atoms with Crippen LogP contribution in [0.1, 0.15) is 24.6 Å². The van der Waals surface area contributed by atoms with E-state index < -0.39 is 24.1 Å². The largest absolute Gasteiger partial charge is 0.394 e. The summed E-state index contributed by atoms with van der Waals surface area (Å²) in [7, 11) is 0. The van der Waals surface area contributed by atoms with Gasteiger partial charge < -0.3 is 14.9 Å². The van der Waals surface area contributed by atoms with E-state index in [0.29, 0.717) is 23.9 Å². The van der Waals surface area contributed by atoms with Crippen molar-refractivity contribution in [3.05, 3.63) is 32.6 Å². The molecule has 0 saturated carbocycles. The standard InChI is InChI=1S/C13H19BrN2O5/c1-8-6-16(11-5-9(18)10(7-17)21-11)13(20)15(12(8)19)4-2-3-14/h6,9-11,17-18H,2-5,7H2,1H3/t9-,10+,11+/m0/s1. The van der Waals surface area contributed by atoms with Gasteiger partial charge in [-0.25, -0.2) is 4.79 Å². The molecule has 1 saturated heterocycles. The van der Waals surface area contributed by atoms with Crippen LogP contribution in [0.4, 0.5) is 0 Å². The second kappa shape index (κ2) is 6.87. The molecule has 3 atom stereocenters. The Hall–Kier alpha value is -0.960. The molecule has 118 valence electrons. The first kappa shape index (κ1) is 16.4. The Morgan fingerprint density at radius 2 is 2.19 bits per heavy atom. The second-order valence-corrected chi connectivity index (χ2v) is 5.91. The average molecular weight is 363 g/mol. The summed E-state index contributed by atoms with van der Waals surface area (Å²) in [6.45, 7) is 1.65. The second-order valence-electron chi connectivity index (χ2n) is 5.12. The van der Waals surface area contributed by atoms with Gasteiger partial charge in [0.25, 0.3) is 5.56 Å². The molecule has 0 spiro atoms. The molecule has 2 heterocycles. The van der Waals surface area contributed by atoms with Crippen molar-refractivity contribution in [2.24, 2.45) is 0 Å². The van der Waals surface area contributed by atoms with Crippen molar-refractivity contribution >= 4 is 15.9 Å². The Balaban J connectivity index is 2.39. The number of hydrogen-bond donors (Lipinski definition) is 2. The molecule has 2 rings (SSSR count). The molecule has 2 N–H and O–H groups in total. The molecule has 21 heavy (non-hydrogen) atoms. The van der Waals surface area contributed by atoms with Gasteiger partial charge in [0.1, 0.15) is 12.3 Å². The Kier molecular flexibility index (Phi) is 5.37. The van der Waals surface area contributed by atoms with Gasteiger partial charge in [-0.1, -0.05) is 15.9 Å². The van der Waals surface area contributed by atoms with Crippen molar-refractivity contribution < 1.29 is 14.9 Å². The van der Waals surface area contributed by atoms with Crippen LogP contribution in [0, 0.1) is 6.92 Å². The third kappa shape index (κ3) is 3.28. The molecule has 1 aliphatic heterocycles. The topological polar surface area (TPSA) is 93.7 Å². The van der Waals surface area contributed by atoms with E-state index in [1.165, 1.54) is 15.3 Å². The molecule has 0 bridgehead atoms. The highest BCUT2D eigenvalue weighted by Gasteiger charge is 2.35. The van der Waals surface area contributed by atoms with Crippen molar-refractivity contribution in [1.82, 2.24) is 9.13 Å². The number of ether oxygens (including phenoxy) is 1. The molecule has 1 aromatic heterocycles. The van der Waals surface area contributed by atoms with Crippen LogP contribution in [0.5, 0.6) is 0 Å². The summed E-state index contributed by atoms with van der Waals surface area (Å²) in [5.74, 6) is 0. The van der Waals surface area contributed by atoms with Crippen molar-refractivity contribution in [2.45, 2.75) is 44.7 Å². The fraction of sp³-hybridized carbons (Fsp3) is 0.692. The summed E-state index contributed by atoms with van der Waals surface area (Å²) >= 11 is 3.27. The predicted octanol–water partition coefficient (Wildman–Crippen LogP) is -0.256. The predicted molar refractivity (Wildman–Crippen MR) is 79.7 cm³/mol. The highest BCUT2D eigenvalue weighted by atomic mass is 79.9. The smallest absolute Gasteiger partial charge is 0.333 e. The van der Waals surface area contributed by atoms with Gasteiger partial charge in [-0.15, -0.1) is 0 Å². The van der Waals surface area contributed by atoms with Gasteiger partial charge in [-0.2, -0.15) is 0 Å². The molecule has 0 aliphatic carbocycles. The third-order valence-corrected chi connectivity index (χ3v) is 4.14. The first-order valence-corrected chi connectivity index (χ1v) is 7.94. The van der Waals surface area contributed by atoms with Crippen LogP contribution in [-0.4, -0.2) is 43.5 Å². The van der Waals surface area contributed by atoms with E-state index in [9.17, 15) is 14.7 Å². The molecule has 0 unspecified atom stereocenters. The number of aliphatic hydroxyl groups is 2. The molecule has 0 aromatic carbocycles. The molecule has 1 aromatic rings. The molecule has 0 radical (unpaired) electrons. The number of rotatable bonds is 5. The van der Waals surface area contributed by atoms with E-state index >= 15 is 0 Å². The Morgan fingerprint density at radius 1 is 1.48 bits per heavy atom. The first-order valence-electron chi connectivity index (χ1n) is 6.82. The minimum absolute atomic E-state index is 0.210. The lowest BCUT2D eigenvalue weighted by molar-refractivity contribution is -0.0463. The van der Waals surface area contributed by atoms with Gasteiger partial charge in [0, 0.05) is 30.1 Å². The maximum atomic E-state index is 12.4. The first-order chi connectivity index (χ1) is 9.99. The van der Waals surface area contributed by atoms with Crippen LogP contribution in [0.25, 0.3) is 0 Å². The van der Waals surface area contributed by atoms with E-state index in [1.807, 2.05) is 0 Å². The zero-order valence-corrected chi connectivity index (χ0v) is 13.3. The summed E-state index contributed by atoms with van der Waals surface area (Å²) in [6, 6.07) is 0. The van der Waals surface area contributed by atoms with Crippen molar-refractivity contribution in [3.63, 3.8) is 0 Å². The summed E-state index contributed by atoms with van der Waals surface area (Å²) in [5.41, 5.74) is -0.327. The van der Waals surface area contributed by atoms with Gasteiger partial charge in [0.2, 0.25) is 0 Å². The number of alkyl halides is 1. The number of nitrogens with zero attached hydrogens (tertiary/aromatic N) is 2. The zero-order valence-electron chi connectivity index (χ0n) is 11.7. The van der Waals surface area contributed by atoms with Crippen LogP contribution in [-0.2, 0) is 11.3 Å². The van der Waals surface area contributed by atoms with Gasteiger partial charge in [0.05, 0.1) is 12.7 Å². The summed E-state index contributed by atoms with van der Waals surface area (Å²) < 4.78 is 7.98. The molecule has 8 heteroatoms. The lowest BCUT2D eigenvalue weighted by atomic mass is 10.2. The summed E-state index contributed by atoms with van der Waals surface area (Å²) in [5, 5.41) is 19.6. The average Bonchev–Trinajstić information content (AvgIpc) is 2.84. The van der Waals surface area contributed by atoms with E-state index in [-0.39, 0.29) is 18.6 Å². The fourth-order valence-corrected chi connectivity index (χ4v) is 2.68. The number of aliphatic hydroxyl groups excluding tert-OH is 2. The van der Waals surface area contributed by atoms with Crippen LogP contribution in [0.2, 0.25) is 0 Å². The molecule has 1 fully saturated rings. The van der Waals surface area contributed by atoms with E-state index in [1.54, 1.807) is 6.92 Å². The fourth-order valence-electron chi connectivity index (χ4n) is 2.43. The number of halogens is 1. The zero-order chi connectivity index (χ0) is 15.6. The third-order valence-electron chi connectivity index (χ3n) is 3.58. The van der Waals surface area contributed by atoms with E-state index in [2.05, 4.69) is 15.9 Å². The van der Waals surface area contributed by atoms with Gasteiger partial charge in [0.15, 0.2) is 0 Å². The SMILES string of the molecule is Cc1cn([C@H]2C[C@H](O)[C@@H](CO)O2)c(=O)n(CCCBr)c1=O. The van der Waals surface area contributed by atoms with E-state index in [0.717, 1.165) is 0 Å². The molecular formula is C13H19BrN2O5. The van der Waals surface area contributed by atoms with Gasteiger partial charge >= 0.3 is 5.69 Å². The van der Waals surface area contributed by atoms with E-state index in [4.69, 9.17) is 9.84 Å². The summed E-state index contributed by atoms with van der Waals surface area (Å²) in [4.78, 5) is 24.5. The number of aryl methyl sites for hydroxylation is 1. The minimum atomic E-state index is -0.824. The molecule has 1 aliphatic rings. The van der Waals surface area contributed by atoms with Crippen LogP contribution in [0.15, 0.2) is 15.8 Å². The number of aromatic nitrogens is 2. The molecule has 7 nitrogen and oxygen atoms in total.